The van der Waals surface area contributed by atoms with Crippen molar-refractivity contribution in [3.63, 3.8) is 0 Å². The zero-order chi connectivity index (χ0) is 30.0. The molecule has 218 valence electrons. The molecule has 11 nitrogen and oxygen atoms in total. The van der Waals surface area contributed by atoms with E-state index < -0.39 is 47.3 Å². The molecular weight excluding hydrogens is 576 g/mol. The van der Waals surface area contributed by atoms with Crippen LogP contribution in [0.2, 0.25) is 5.02 Å². The molecule has 14 heteroatoms. The Balaban J connectivity index is 1.42. The fraction of sp³-hybridized carbons (Fsp3) is 0.250. The highest BCUT2D eigenvalue weighted by Crippen LogP contribution is 2.45. The number of rotatable bonds is 6. The van der Waals surface area contributed by atoms with Gasteiger partial charge in [0.1, 0.15) is 11.9 Å². The second kappa shape index (κ2) is 11.6. The number of carboxylic acid groups (broad SMARTS) is 1. The third-order valence-electron chi connectivity index (χ3n) is 7.05. The molecule has 1 fully saturated rings. The summed E-state index contributed by atoms with van der Waals surface area (Å²) >= 11 is 6.05. The van der Waals surface area contributed by atoms with Gasteiger partial charge < -0.3 is 20.1 Å². The van der Waals surface area contributed by atoms with Gasteiger partial charge in [-0.1, -0.05) is 11.6 Å². The Morgan fingerprint density at radius 2 is 1.90 bits per heavy atom. The molecule has 2 atom stereocenters. The Kier molecular flexibility index (Phi) is 7.94. The maximum atomic E-state index is 15.3. The molecule has 3 aromatic rings. The minimum atomic E-state index is -1.52. The summed E-state index contributed by atoms with van der Waals surface area (Å²) in [5.74, 6) is -2.55. The molecule has 1 saturated heterocycles. The number of nitrogens with one attached hydrogen (secondary N) is 3. The lowest BCUT2D eigenvalue weighted by atomic mass is 9.82. The lowest BCUT2D eigenvalue weighted by molar-refractivity contribution is -0.141. The first-order chi connectivity index (χ1) is 20.0. The van der Waals surface area contributed by atoms with E-state index in [-0.39, 0.29) is 53.5 Å². The standard InChI is InChI=1S/C28H24ClF2N5O6/c29-19-8-9-20-22(23(19)31)28(42-27(41)35-20)10-1-11-36(14-28)25(38)21(12-18-7-4-16(30)13-32-18)34-24(37)15-2-5-17(6-3-15)33-26(39)40/h2-9,13,21,33H,1,10-12,14H2,(H,34,37)(H,35,41)(H,39,40)/t21-,28-/m0/s1. The summed E-state index contributed by atoms with van der Waals surface area (Å²) in [4.78, 5) is 55.8. The van der Waals surface area contributed by atoms with E-state index >= 15 is 4.39 Å². The van der Waals surface area contributed by atoms with Crippen LogP contribution in [0.5, 0.6) is 0 Å². The van der Waals surface area contributed by atoms with Crippen LogP contribution in [0, 0.1) is 11.6 Å². The Labute approximate surface area is 242 Å². The lowest BCUT2D eigenvalue weighted by Crippen LogP contribution is -2.58. The number of hydrogen-bond acceptors (Lipinski definition) is 6. The summed E-state index contributed by atoms with van der Waals surface area (Å²) in [6, 6.07) is 9.68. The van der Waals surface area contributed by atoms with Gasteiger partial charge in [-0.2, -0.15) is 0 Å². The van der Waals surface area contributed by atoms with Crippen LogP contribution in [0.15, 0.2) is 54.7 Å². The van der Waals surface area contributed by atoms with Gasteiger partial charge in [-0.05, 0) is 61.4 Å². The maximum Gasteiger partial charge on any atom is 0.412 e. The second-order valence-corrected chi connectivity index (χ2v) is 10.3. The third-order valence-corrected chi connectivity index (χ3v) is 7.34. The van der Waals surface area contributed by atoms with Gasteiger partial charge in [0.25, 0.3) is 5.91 Å². The number of halogens is 3. The van der Waals surface area contributed by atoms with E-state index in [1.54, 1.807) is 0 Å². The highest BCUT2D eigenvalue weighted by molar-refractivity contribution is 6.31. The first kappa shape index (κ1) is 28.7. The van der Waals surface area contributed by atoms with Crippen molar-refractivity contribution in [1.29, 1.82) is 0 Å². The number of hydrogen-bond donors (Lipinski definition) is 4. The van der Waals surface area contributed by atoms with Crippen molar-refractivity contribution in [2.75, 3.05) is 23.7 Å². The van der Waals surface area contributed by atoms with Crippen LogP contribution in [0.4, 0.5) is 29.7 Å². The van der Waals surface area contributed by atoms with Crippen molar-refractivity contribution < 1.29 is 37.8 Å². The molecule has 1 spiro atoms. The number of likely N-dealkylation sites (tertiary alicyclic amines) is 1. The first-order valence-corrected chi connectivity index (χ1v) is 13.2. The number of piperidine rings is 1. The van der Waals surface area contributed by atoms with Crippen molar-refractivity contribution >= 4 is 47.0 Å². The SMILES string of the molecule is O=C(O)Nc1ccc(C(=O)N[C@@H](Cc2ccc(F)cn2)C(=O)N2CCC[C@@]3(C2)OC(=O)Nc2ccc(Cl)c(F)c23)cc1. The highest BCUT2D eigenvalue weighted by atomic mass is 35.5. The smallest absolute Gasteiger partial charge is 0.412 e. The van der Waals surface area contributed by atoms with E-state index in [4.69, 9.17) is 21.4 Å². The Bertz CT molecular complexity index is 1560. The number of amides is 4. The Morgan fingerprint density at radius 1 is 1.14 bits per heavy atom. The molecule has 4 amide bonds. The molecule has 2 aliphatic heterocycles. The number of ether oxygens (including phenoxy) is 1. The van der Waals surface area contributed by atoms with Gasteiger partial charge in [0.15, 0.2) is 11.4 Å². The van der Waals surface area contributed by atoms with Crippen LogP contribution in [0.25, 0.3) is 0 Å². The monoisotopic (exact) mass is 599 g/mol. The average molecular weight is 600 g/mol. The average Bonchev–Trinajstić information content (AvgIpc) is 2.95. The van der Waals surface area contributed by atoms with Crippen LogP contribution < -0.4 is 16.0 Å². The van der Waals surface area contributed by atoms with Crippen LogP contribution in [-0.2, 0) is 21.6 Å². The molecule has 2 aromatic carbocycles. The maximum absolute atomic E-state index is 15.3. The van der Waals surface area contributed by atoms with Gasteiger partial charge in [-0.25, -0.2) is 18.4 Å². The van der Waals surface area contributed by atoms with Gasteiger partial charge in [-0.3, -0.25) is 25.2 Å². The summed E-state index contributed by atoms with van der Waals surface area (Å²) in [6.45, 7) is 0.0180. The number of aromatic nitrogens is 1. The fourth-order valence-electron chi connectivity index (χ4n) is 5.19. The molecule has 0 aliphatic carbocycles. The van der Waals surface area contributed by atoms with E-state index in [9.17, 15) is 23.6 Å². The van der Waals surface area contributed by atoms with Crippen LogP contribution in [-0.4, -0.2) is 58.1 Å². The molecule has 0 saturated carbocycles. The number of carbonyl (C=O) groups is 4. The van der Waals surface area contributed by atoms with Gasteiger partial charge in [0, 0.05) is 29.9 Å². The predicted molar refractivity (Wildman–Crippen MR) is 146 cm³/mol. The molecule has 4 N–H and O–H groups in total. The summed E-state index contributed by atoms with van der Waals surface area (Å²) in [5, 5.41) is 16.0. The second-order valence-electron chi connectivity index (χ2n) is 9.86. The zero-order valence-electron chi connectivity index (χ0n) is 21.8. The fourth-order valence-corrected chi connectivity index (χ4v) is 5.35. The molecule has 0 radical (unpaired) electrons. The number of benzene rings is 2. The highest BCUT2D eigenvalue weighted by Gasteiger charge is 2.49. The van der Waals surface area contributed by atoms with Crippen LogP contribution in [0.3, 0.4) is 0 Å². The third kappa shape index (κ3) is 5.96. The molecule has 42 heavy (non-hydrogen) atoms. The normalized spacial score (nSPS) is 18.4. The van der Waals surface area contributed by atoms with E-state index in [2.05, 4.69) is 20.9 Å². The molecule has 0 bridgehead atoms. The minimum absolute atomic E-state index is 0.0305. The van der Waals surface area contributed by atoms with Crippen molar-refractivity contribution in [2.45, 2.75) is 30.9 Å². The van der Waals surface area contributed by atoms with Crippen molar-refractivity contribution in [2.24, 2.45) is 0 Å². The lowest BCUT2D eigenvalue weighted by Gasteiger charge is -2.45. The van der Waals surface area contributed by atoms with Crippen LogP contribution >= 0.6 is 11.6 Å². The van der Waals surface area contributed by atoms with Gasteiger partial charge in [0.2, 0.25) is 5.91 Å². The van der Waals surface area contributed by atoms with Gasteiger partial charge >= 0.3 is 12.2 Å². The number of pyridine rings is 1. The summed E-state index contributed by atoms with van der Waals surface area (Å²) in [5.41, 5.74) is -0.601. The van der Waals surface area contributed by atoms with Gasteiger partial charge in [-0.15, -0.1) is 0 Å². The zero-order valence-corrected chi connectivity index (χ0v) is 22.6. The number of nitrogens with zero attached hydrogens (tertiary/aromatic N) is 2. The number of carbonyl (C=O) groups excluding carboxylic acids is 3. The molecule has 0 unspecified atom stereocenters. The number of anilines is 2. The van der Waals surface area contributed by atoms with Crippen LogP contribution in [0.1, 0.15) is 34.5 Å². The van der Waals surface area contributed by atoms with E-state index in [1.165, 1.54) is 53.4 Å². The topological polar surface area (TPSA) is 150 Å². The largest absolute Gasteiger partial charge is 0.465 e. The summed E-state index contributed by atoms with van der Waals surface area (Å²) in [7, 11) is 0. The van der Waals surface area contributed by atoms with Gasteiger partial charge in [0.05, 0.1) is 29.0 Å². The van der Waals surface area contributed by atoms with Crippen molar-refractivity contribution in [1.82, 2.24) is 15.2 Å². The predicted octanol–water partition coefficient (Wildman–Crippen LogP) is 4.52. The minimum Gasteiger partial charge on any atom is -0.465 e. The quantitative estimate of drug-likeness (QED) is 0.325. The molecule has 1 aromatic heterocycles. The Morgan fingerprint density at radius 3 is 2.60 bits per heavy atom. The molecule has 3 heterocycles. The molecule has 5 rings (SSSR count). The summed E-state index contributed by atoms with van der Waals surface area (Å²) < 4.78 is 34.4. The Hall–Kier alpha value is -4.78. The first-order valence-electron chi connectivity index (χ1n) is 12.8. The number of fused-ring (bicyclic) bond motifs is 2. The molecule has 2 aliphatic rings. The van der Waals surface area contributed by atoms with E-state index in [1.807, 2.05) is 0 Å². The van der Waals surface area contributed by atoms with E-state index in [0.717, 1.165) is 6.20 Å². The molecular formula is C28H24ClF2N5O6. The van der Waals surface area contributed by atoms with E-state index in [0.29, 0.717) is 12.1 Å². The summed E-state index contributed by atoms with van der Waals surface area (Å²) in [6.07, 6.45) is -0.626. The van der Waals surface area contributed by atoms with Crippen molar-refractivity contribution in [3.05, 3.63) is 88.2 Å². The van der Waals surface area contributed by atoms with Crippen molar-refractivity contribution in [3.8, 4) is 0 Å².